The van der Waals surface area contributed by atoms with E-state index in [4.69, 9.17) is 10.8 Å². The van der Waals surface area contributed by atoms with Crippen LogP contribution in [0.1, 0.15) is 26.2 Å². The molecule has 0 saturated heterocycles. The predicted octanol–water partition coefficient (Wildman–Crippen LogP) is 0.0842. The van der Waals surface area contributed by atoms with Gasteiger partial charge in [-0.05, 0) is 45.2 Å². The van der Waals surface area contributed by atoms with Gasteiger partial charge in [0.1, 0.15) is 0 Å². The van der Waals surface area contributed by atoms with E-state index >= 15 is 0 Å². The van der Waals surface area contributed by atoms with Gasteiger partial charge in [0.15, 0.2) is 0 Å². The topological polar surface area (TPSA) is 58.3 Å². The highest BCUT2D eigenvalue weighted by Crippen LogP contribution is 2.26. The van der Waals surface area contributed by atoms with Gasteiger partial charge in [-0.25, -0.2) is 0 Å². The molecule has 0 aromatic carbocycles. The number of nitrogens with two attached hydrogens (primary N) is 1. The molecule has 12 heavy (non-hydrogen) atoms. The fraction of sp³-hybridized carbons (Fsp3) is 1.00. The summed E-state index contributed by atoms with van der Waals surface area (Å²) in [5.41, 5.74) is 5.42. The molecule has 1 aliphatic carbocycles. The minimum atomic E-state index is -0.0263. The molecule has 0 spiro atoms. The first-order chi connectivity index (χ1) is 5.72. The summed E-state index contributed by atoms with van der Waals surface area (Å²) in [5, 5.41) is 12.5. The number of aliphatic hydroxyl groups is 1. The van der Waals surface area contributed by atoms with E-state index in [-0.39, 0.29) is 6.10 Å². The molecule has 0 aromatic heterocycles. The van der Waals surface area contributed by atoms with E-state index in [9.17, 15) is 0 Å². The first kappa shape index (κ1) is 9.96. The lowest BCUT2D eigenvalue weighted by atomic mass is 9.82. The van der Waals surface area contributed by atoms with Gasteiger partial charge in [0.05, 0.1) is 6.10 Å². The highest BCUT2D eigenvalue weighted by atomic mass is 16.3. The Kier molecular flexibility index (Phi) is 3.98. The molecule has 3 heteroatoms. The maximum atomic E-state index is 9.04. The second kappa shape index (κ2) is 4.80. The van der Waals surface area contributed by atoms with Gasteiger partial charge in [-0.15, -0.1) is 0 Å². The zero-order valence-electron chi connectivity index (χ0n) is 7.79. The molecule has 0 amide bonds. The number of nitrogens with one attached hydrogen (secondary N) is 1. The molecule has 0 aromatic rings. The Morgan fingerprint density at radius 2 is 2.25 bits per heavy atom. The molecule has 0 bridgehead atoms. The van der Waals surface area contributed by atoms with E-state index in [0.29, 0.717) is 12.0 Å². The van der Waals surface area contributed by atoms with Crippen LogP contribution < -0.4 is 11.1 Å². The molecule has 0 heterocycles. The van der Waals surface area contributed by atoms with Crippen LogP contribution in [-0.4, -0.2) is 30.3 Å². The maximum Gasteiger partial charge on any atom is 0.0546 e. The molecule has 0 radical (unpaired) electrons. The number of rotatable bonds is 5. The van der Waals surface area contributed by atoms with Crippen LogP contribution in [0.4, 0.5) is 0 Å². The lowest BCUT2D eigenvalue weighted by Gasteiger charge is -2.32. The van der Waals surface area contributed by atoms with Crippen molar-refractivity contribution in [2.24, 2.45) is 11.7 Å². The zero-order chi connectivity index (χ0) is 8.97. The van der Waals surface area contributed by atoms with Crippen molar-refractivity contribution in [3.63, 3.8) is 0 Å². The van der Waals surface area contributed by atoms with Gasteiger partial charge >= 0.3 is 0 Å². The van der Waals surface area contributed by atoms with Crippen LogP contribution in [0.15, 0.2) is 0 Å². The van der Waals surface area contributed by atoms with Gasteiger partial charge in [0.2, 0.25) is 0 Å². The summed E-state index contributed by atoms with van der Waals surface area (Å²) in [6.07, 6.45) is 2.96. The molecule has 1 rings (SSSR count). The SMILES string of the molecule is CC(CCN)NCC1CC(O)C1. The standard InChI is InChI=1S/C9H20N2O/c1-7(2-3-10)11-6-8-4-9(12)5-8/h7-9,11-12H,2-6,10H2,1H3. The van der Waals surface area contributed by atoms with E-state index in [2.05, 4.69) is 12.2 Å². The minimum Gasteiger partial charge on any atom is -0.393 e. The van der Waals surface area contributed by atoms with Crippen molar-refractivity contribution in [1.29, 1.82) is 0 Å². The molecular formula is C9H20N2O. The molecule has 1 saturated carbocycles. The molecule has 72 valence electrons. The highest BCUT2D eigenvalue weighted by molar-refractivity contribution is 4.80. The molecule has 1 aliphatic rings. The highest BCUT2D eigenvalue weighted by Gasteiger charge is 2.26. The first-order valence-corrected chi connectivity index (χ1v) is 4.84. The Morgan fingerprint density at radius 3 is 2.75 bits per heavy atom. The first-order valence-electron chi connectivity index (χ1n) is 4.84. The zero-order valence-corrected chi connectivity index (χ0v) is 7.79. The van der Waals surface area contributed by atoms with Crippen molar-refractivity contribution in [1.82, 2.24) is 5.32 Å². The van der Waals surface area contributed by atoms with Gasteiger partial charge in [-0.3, -0.25) is 0 Å². The average molecular weight is 172 g/mol. The third kappa shape index (κ3) is 3.09. The van der Waals surface area contributed by atoms with Crippen LogP contribution in [0.3, 0.4) is 0 Å². The molecular weight excluding hydrogens is 152 g/mol. The van der Waals surface area contributed by atoms with E-state index < -0.39 is 0 Å². The summed E-state index contributed by atoms with van der Waals surface area (Å²) in [6.45, 7) is 3.95. The normalized spacial score (nSPS) is 31.2. The Hall–Kier alpha value is -0.120. The number of aliphatic hydroxyl groups excluding tert-OH is 1. The van der Waals surface area contributed by atoms with Crippen LogP contribution in [0.2, 0.25) is 0 Å². The maximum absolute atomic E-state index is 9.04. The van der Waals surface area contributed by atoms with Gasteiger partial charge < -0.3 is 16.2 Å². The monoisotopic (exact) mass is 172 g/mol. The van der Waals surface area contributed by atoms with Crippen LogP contribution in [0, 0.1) is 5.92 Å². The van der Waals surface area contributed by atoms with Crippen molar-refractivity contribution in [3.05, 3.63) is 0 Å². The van der Waals surface area contributed by atoms with E-state index in [1.54, 1.807) is 0 Å². The van der Waals surface area contributed by atoms with E-state index in [1.165, 1.54) is 0 Å². The lowest BCUT2D eigenvalue weighted by molar-refractivity contribution is 0.0420. The van der Waals surface area contributed by atoms with Crippen LogP contribution in [0.5, 0.6) is 0 Å². The fourth-order valence-corrected chi connectivity index (χ4v) is 1.59. The van der Waals surface area contributed by atoms with Crippen LogP contribution >= 0.6 is 0 Å². The summed E-state index contributed by atoms with van der Waals surface area (Å²) in [6, 6.07) is 0.521. The quantitative estimate of drug-likeness (QED) is 0.550. The third-order valence-corrected chi connectivity index (χ3v) is 2.57. The van der Waals surface area contributed by atoms with Crippen LogP contribution in [-0.2, 0) is 0 Å². The Bertz CT molecular complexity index is 119. The predicted molar refractivity (Wildman–Crippen MR) is 49.9 cm³/mol. The second-order valence-corrected chi connectivity index (χ2v) is 3.88. The van der Waals surface area contributed by atoms with Crippen molar-refractivity contribution in [2.75, 3.05) is 13.1 Å². The largest absolute Gasteiger partial charge is 0.393 e. The Balaban J connectivity index is 1.95. The summed E-state index contributed by atoms with van der Waals surface area (Å²) in [4.78, 5) is 0. The summed E-state index contributed by atoms with van der Waals surface area (Å²) >= 11 is 0. The number of hydrogen-bond acceptors (Lipinski definition) is 3. The summed E-state index contributed by atoms with van der Waals surface area (Å²) in [7, 11) is 0. The van der Waals surface area contributed by atoms with Gasteiger partial charge in [0, 0.05) is 6.04 Å². The second-order valence-electron chi connectivity index (χ2n) is 3.88. The molecule has 1 unspecified atom stereocenters. The Morgan fingerprint density at radius 1 is 1.58 bits per heavy atom. The minimum absolute atomic E-state index is 0.0263. The van der Waals surface area contributed by atoms with Crippen LogP contribution in [0.25, 0.3) is 0 Å². The summed E-state index contributed by atoms with van der Waals surface area (Å²) in [5.74, 6) is 0.695. The van der Waals surface area contributed by atoms with Gasteiger partial charge in [-0.1, -0.05) is 0 Å². The van der Waals surface area contributed by atoms with Gasteiger partial charge in [-0.2, -0.15) is 0 Å². The molecule has 0 aliphatic heterocycles. The molecule has 4 N–H and O–H groups in total. The fourth-order valence-electron chi connectivity index (χ4n) is 1.59. The number of hydrogen-bond donors (Lipinski definition) is 3. The summed E-state index contributed by atoms with van der Waals surface area (Å²) < 4.78 is 0. The van der Waals surface area contributed by atoms with E-state index in [0.717, 1.165) is 32.4 Å². The van der Waals surface area contributed by atoms with Crippen molar-refractivity contribution in [2.45, 2.75) is 38.3 Å². The molecule has 1 fully saturated rings. The molecule has 3 nitrogen and oxygen atoms in total. The average Bonchev–Trinajstić information content (AvgIpc) is 1.96. The van der Waals surface area contributed by atoms with Crippen molar-refractivity contribution < 1.29 is 5.11 Å². The third-order valence-electron chi connectivity index (χ3n) is 2.57. The van der Waals surface area contributed by atoms with Crippen molar-refractivity contribution in [3.8, 4) is 0 Å². The van der Waals surface area contributed by atoms with E-state index in [1.807, 2.05) is 0 Å². The lowest BCUT2D eigenvalue weighted by Crippen LogP contribution is -2.39. The molecule has 1 atom stereocenters. The van der Waals surface area contributed by atoms with Crippen molar-refractivity contribution >= 4 is 0 Å². The smallest absolute Gasteiger partial charge is 0.0546 e. The van der Waals surface area contributed by atoms with Gasteiger partial charge in [0.25, 0.3) is 0 Å². The Labute approximate surface area is 74.3 Å².